The predicted octanol–water partition coefficient (Wildman–Crippen LogP) is 0.190. The summed E-state index contributed by atoms with van der Waals surface area (Å²) in [5.41, 5.74) is 2.14. The molecular weight excluding hydrogens is 211 g/mol. The van der Waals surface area contributed by atoms with Crippen LogP contribution >= 0.6 is 0 Å². The van der Waals surface area contributed by atoms with Gasteiger partial charge in [0.15, 0.2) is 0 Å². The van der Waals surface area contributed by atoms with Gasteiger partial charge in [0.2, 0.25) is 0 Å². The first kappa shape index (κ1) is 15.7. The van der Waals surface area contributed by atoms with Crippen LogP contribution in [0.25, 0.3) is 0 Å². The van der Waals surface area contributed by atoms with Crippen molar-refractivity contribution in [2.45, 2.75) is 33.1 Å². The summed E-state index contributed by atoms with van der Waals surface area (Å²) in [6, 6.07) is 7.87. The maximum absolute atomic E-state index is 10.8. The van der Waals surface area contributed by atoms with Gasteiger partial charge in [-0.25, -0.2) is 0 Å². The number of rotatable bonds is 4. The van der Waals surface area contributed by atoms with Crippen molar-refractivity contribution in [3.8, 4) is 0 Å². The molecule has 0 radical (unpaired) electrons. The van der Waals surface area contributed by atoms with E-state index in [9.17, 15) is 4.79 Å². The number of hydrogen-bond acceptors (Lipinski definition) is 1. The molecule has 0 bridgehead atoms. The molecule has 0 aliphatic heterocycles. The molecule has 1 rings (SSSR count). The van der Waals surface area contributed by atoms with Crippen LogP contribution in [-0.2, 0) is 11.2 Å². The second-order valence-electron chi connectivity index (χ2n) is 4.40. The summed E-state index contributed by atoms with van der Waals surface area (Å²) in [5.74, 6) is -0.558. The van der Waals surface area contributed by atoms with E-state index in [2.05, 4.69) is 13.8 Å². The van der Waals surface area contributed by atoms with Gasteiger partial charge in [-0.1, -0.05) is 38.1 Å². The molecule has 84 valence electrons. The van der Waals surface area contributed by atoms with Crippen LogP contribution in [-0.4, -0.2) is 11.1 Å². The second-order valence-corrected chi connectivity index (χ2v) is 4.40. The largest absolute Gasteiger partial charge is 1.00 e. The average molecular weight is 230 g/mol. The molecule has 0 spiro atoms. The van der Waals surface area contributed by atoms with Crippen LogP contribution in [0.15, 0.2) is 24.3 Å². The first-order valence-corrected chi connectivity index (χ1v) is 5.32. The number of carboxylic acids is 1. The maximum Gasteiger partial charge on any atom is 1.00 e. The van der Waals surface area contributed by atoms with E-state index in [4.69, 9.17) is 5.11 Å². The van der Waals surface area contributed by atoms with E-state index >= 15 is 0 Å². The molecule has 1 atom stereocenters. The summed E-state index contributed by atoms with van der Waals surface area (Å²) in [4.78, 5) is 10.8. The van der Waals surface area contributed by atoms with Crippen LogP contribution in [0.5, 0.6) is 0 Å². The SMILES string of the molecule is CC(C)Cc1ccc(C(C)C(=O)O)cc1.[H-].[Na+]. The fourth-order valence-electron chi connectivity index (χ4n) is 1.56. The maximum atomic E-state index is 10.8. The van der Waals surface area contributed by atoms with E-state index in [1.807, 2.05) is 24.3 Å². The molecule has 1 N–H and O–H groups in total. The molecule has 1 unspecified atom stereocenters. The Bertz CT molecular complexity index is 336. The minimum Gasteiger partial charge on any atom is -1.00 e. The minimum atomic E-state index is -0.772. The van der Waals surface area contributed by atoms with Crippen LogP contribution in [0.2, 0.25) is 0 Å². The topological polar surface area (TPSA) is 37.3 Å². The average Bonchev–Trinajstić information content (AvgIpc) is 2.17. The predicted molar refractivity (Wildman–Crippen MR) is 62.1 cm³/mol. The Morgan fingerprint density at radius 2 is 1.75 bits per heavy atom. The summed E-state index contributed by atoms with van der Waals surface area (Å²) in [6.45, 7) is 6.06. The monoisotopic (exact) mass is 230 g/mol. The van der Waals surface area contributed by atoms with Gasteiger partial charge in [-0.2, -0.15) is 0 Å². The van der Waals surface area contributed by atoms with Gasteiger partial charge >= 0.3 is 35.5 Å². The standard InChI is InChI=1S/C13H18O2.Na.H/c1-9(2)8-11-4-6-12(7-5-11)10(3)13(14)15;;/h4-7,9-10H,8H2,1-3H3,(H,14,15);;/q;+1;-1. The molecule has 0 saturated carbocycles. The van der Waals surface area contributed by atoms with Crippen molar-refractivity contribution in [1.82, 2.24) is 0 Å². The van der Waals surface area contributed by atoms with Crippen LogP contribution in [0.4, 0.5) is 0 Å². The molecule has 1 aromatic carbocycles. The molecule has 0 aliphatic rings. The zero-order valence-corrected chi connectivity index (χ0v) is 12.5. The van der Waals surface area contributed by atoms with E-state index in [1.165, 1.54) is 5.56 Å². The van der Waals surface area contributed by atoms with E-state index in [0.717, 1.165) is 12.0 Å². The summed E-state index contributed by atoms with van der Waals surface area (Å²) >= 11 is 0. The van der Waals surface area contributed by atoms with E-state index in [-0.39, 0.29) is 31.0 Å². The van der Waals surface area contributed by atoms with Crippen molar-refractivity contribution in [2.24, 2.45) is 5.92 Å². The first-order valence-electron chi connectivity index (χ1n) is 5.32. The molecule has 1 aromatic rings. The Balaban J connectivity index is 0. The number of aliphatic carboxylic acids is 1. The fourth-order valence-corrected chi connectivity index (χ4v) is 1.56. The Labute approximate surface area is 121 Å². The Morgan fingerprint density at radius 3 is 2.12 bits per heavy atom. The van der Waals surface area contributed by atoms with Gasteiger partial charge in [-0.05, 0) is 30.4 Å². The van der Waals surface area contributed by atoms with Crippen molar-refractivity contribution in [2.75, 3.05) is 0 Å². The molecule has 0 heterocycles. The van der Waals surface area contributed by atoms with Gasteiger partial charge in [-0.15, -0.1) is 0 Å². The molecule has 0 fully saturated rings. The van der Waals surface area contributed by atoms with Gasteiger partial charge in [0.05, 0.1) is 5.92 Å². The minimum absolute atomic E-state index is 0. The number of carboxylic acid groups (broad SMARTS) is 1. The summed E-state index contributed by atoms with van der Waals surface area (Å²) in [5, 5.41) is 8.85. The van der Waals surface area contributed by atoms with Crippen molar-refractivity contribution in [3.63, 3.8) is 0 Å². The molecule has 0 amide bonds. The smallest absolute Gasteiger partial charge is 1.00 e. The van der Waals surface area contributed by atoms with Crippen molar-refractivity contribution in [1.29, 1.82) is 0 Å². The number of hydrogen-bond donors (Lipinski definition) is 1. The van der Waals surface area contributed by atoms with Gasteiger partial charge in [0.1, 0.15) is 0 Å². The molecule has 0 saturated heterocycles. The van der Waals surface area contributed by atoms with E-state index < -0.39 is 11.9 Å². The third-order valence-corrected chi connectivity index (χ3v) is 2.49. The zero-order valence-electron chi connectivity index (χ0n) is 11.5. The van der Waals surface area contributed by atoms with Crippen LogP contribution in [0, 0.1) is 5.92 Å². The molecule has 0 aromatic heterocycles. The Morgan fingerprint density at radius 1 is 1.25 bits per heavy atom. The molecule has 2 nitrogen and oxygen atoms in total. The fraction of sp³-hybridized carbons (Fsp3) is 0.462. The normalized spacial score (nSPS) is 12.0. The molecule has 3 heteroatoms. The van der Waals surface area contributed by atoms with Gasteiger partial charge in [0.25, 0.3) is 0 Å². The van der Waals surface area contributed by atoms with Crippen LogP contribution < -0.4 is 29.6 Å². The van der Waals surface area contributed by atoms with Crippen molar-refractivity contribution in [3.05, 3.63) is 35.4 Å². The second kappa shape index (κ2) is 7.10. The number of carbonyl (C=O) groups is 1. The van der Waals surface area contributed by atoms with Crippen molar-refractivity contribution >= 4 is 5.97 Å². The molecule has 16 heavy (non-hydrogen) atoms. The Hall–Kier alpha value is -0.310. The van der Waals surface area contributed by atoms with Crippen LogP contribution in [0.3, 0.4) is 0 Å². The molecular formula is C13H19NaO2. The molecule has 0 aliphatic carbocycles. The first-order chi connectivity index (χ1) is 7.00. The van der Waals surface area contributed by atoms with E-state index in [0.29, 0.717) is 5.92 Å². The quantitative estimate of drug-likeness (QED) is 0.750. The van der Waals surface area contributed by atoms with Gasteiger partial charge in [0, 0.05) is 0 Å². The van der Waals surface area contributed by atoms with E-state index in [1.54, 1.807) is 6.92 Å². The summed E-state index contributed by atoms with van der Waals surface area (Å²) in [7, 11) is 0. The van der Waals surface area contributed by atoms with Crippen molar-refractivity contribution < 1.29 is 40.9 Å². The van der Waals surface area contributed by atoms with Gasteiger partial charge < -0.3 is 6.53 Å². The third-order valence-electron chi connectivity index (χ3n) is 2.49. The van der Waals surface area contributed by atoms with Crippen LogP contribution in [0.1, 0.15) is 39.2 Å². The third kappa shape index (κ3) is 4.69. The van der Waals surface area contributed by atoms with Gasteiger partial charge in [-0.3, -0.25) is 4.79 Å². The summed E-state index contributed by atoms with van der Waals surface area (Å²) in [6.07, 6.45) is 1.04. The summed E-state index contributed by atoms with van der Waals surface area (Å²) < 4.78 is 0. The number of benzene rings is 1. The Kier molecular flexibility index (Phi) is 6.96. The zero-order chi connectivity index (χ0) is 11.4.